The third-order valence-electron chi connectivity index (χ3n) is 9.34. The van der Waals surface area contributed by atoms with Gasteiger partial charge in [-0.05, 0) is 85.9 Å². The first-order valence-corrected chi connectivity index (χ1v) is 9.71. The number of rotatable bonds is 1. The highest BCUT2D eigenvalue weighted by molar-refractivity contribution is 5.79. The molecule has 0 heterocycles. The van der Waals surface area contributed by atoms with Gasteiger partial charge in [0, 0.05) is 24.9 Å². The molecule has 122 valence electrons. The van der Waals surface area contributed by atoms with E-state index >= 15 is 0 Å². The Labute approximate surface area is 134 Å². The van der Waals surface area contributed by atoms with Crippen LogP contribution in [0.4, 0.5) is 0 Å². The number of aliphatic hydroxyl groups is 1. The predicted octanol–water partition coefficient (Wildman–Crippen LogP) is 3.82. The van der Waals surface area contributed by atoms with E-state index in [0.717, 1.165) is 48.3 Å². The van der Waals surface area contributed by atoms with Gasteiger partial charge in [0.25, 0.3) is 0 Å². The van der Waals surface area contributed by atoms with Crippen molar-refractivity contribution >= 4 is 5.78 Å². The van der Waals surface area contributed by atoms with E-state index in [-0.39, 0.29) is 0 Å². The van der Waals surface area contributed by atoms with E-state index in [2.05, 4.69) is 6.92 Å². The fourth-order valence-electron chi connectivity index (χ4n) is 8.10. The monoisotopic (exact) mass is 302 g/mol. The summed E-state index contributed by atoms with van der Waals surface area (Å²) in [4.78, 5) is 11.8. The van der Waals surface area contributed by atoms with Crippen molar-refractivity contribution in [2.45, 2.75) is 64.7 Å². The largest absolute Gasteiger partial charge is 0.396 e. The van der Waals surface area contributed by atoms with Crippen LogP contribution in [0.5, 0.6) is 0 Å². The maximum Gasteiger partial charge on any atom is 0.133 e. The molecule has 8 atom stereocenters. The molecule has 5 aliphatic carbocycles. The van der Waals surface area contributed by atoms with Gasteiger partial charge in [-0.15, -0.1) is 0 Å². The quantitative estimate of drug-likeness (QED) is 0.799. The molecule has 2 nitrogen and oxygen atoms in total. The van der Waals surface area contributed by atoms with E-state index in [9.17, 15) is 9.90 Å². The Balaban J connectivity index is 1.43. The third-order valence-corrected chi connectivity index (χ3v) is 9.34. The number of hydrogen-bond donors (Lipinski definition) is 1. The highest BCUT2D eigenvalue weighted by atomic mass is 16.3. The summed E-state index contributed by atoms with van der Waals surface area (Å²) in [6, 6.07) is 0. The highest BCUT2D eigenvalue weighted by Crippen LogP contribution is 2.79. The fourth-order valence-corrected chi connectivity index (χ4v) is 8.10. The van der Waals surface area contributed by atoms with Crippen LogP contribution in [0.2, 0.25) is 0 Å². The molecule has 5 aliphatic rings. The third kappa shape index (κ3) is 1.53. The first-order valence-electron chi connectivity index (χ1n) is 9.71. The number of Topliss-reactive ketones (excluding diaryl/α,β-unsaturated/α-hetero) is 1. The molecule has 0 aromatic rings. The van der Waals surface area contributed by atoms with Crippen LogP contribution < -0.4 is 0 Å². The second-order valence-electron chi connectivity index (χ2n) is 9.62. The molecule has 0 saturated heterocycles. The van der Waals surface area contributed by atoms with Gasteiger partial charge < -0.3 is 5.11 Å². The lowest BCUT2D eigenvalue weighted by Crippen LogP contribution is -2.50. The topological polar surface area (TPSA) is 37.3 Å². The molecule has 0 bridgehead atoms. The average Bonchev–Trinajstić information content (AvgIpc) is 3.18. The zero-order valence-electron chi connectivity index (χ0n) is 13.9. The SMILES string of the molecule is C[C@]12CC[C@H]3[C@@H](CCC4CC(=O)CC[C@@H]43)[C@H]1C[C@@H]1C[C@@]12CO. The van der Waals surface area contributed by atoms with Gasteiger partial charge in [0.15, 0.2) is 0 Å². The minimum Gasteiger partial charge on any atom is -0.396 e. The molecular formula is C20H30O2. The van der Waals surface area contributed by atoms with Crippen LogP contribution in [0.15, 0.2) is 0 Å². The Hall–Kier alpha value is -0.370. The Morgan fingerprint density at radius 2 is 2.00 bits per heavy atom. The van der Waals surface area contributed by atoms with Gasteiger partial charge in [0.1, 0.15) is 5.78 Å². The summed E-state index contributed by atoms with van der Waals surface area (Å²) < 4.78 is 0. The summed E-state index contributed by atoms with van der Waals surface area (Å²) in [6.45, 7) is 2.95. The maximum atomic E-state index is 11.8. The van der Waals surface area contributed by atoms with E-state index in [0.29, 0.717) is 23.2 Å². The number of carbonyl (C=O) groups excluding carboxylic acids is 1. The second kappa shape index (κ2) is 4.37. The van der Waals surface area contributed by atoms with Gasteiger partial charge >= 0.3 is 0 Å². The highest BCUT2D eigenvalue weighted by Gasteiger charge is 2.73. The summed E-state index contributed by atoms with van der Waals surface area (Å²) in [6.07, 6.45) is 11.0. The van der Waals surface area contributed by atoms with Crippen LogP contribution >= 0.6 is 0 Å². The molecule has 22 heavy (non-hydrogen) atoms. The minimum absolute atomic E-state index is 0.308. The number of hydrogen-bond acceptors (Lipinski definition) is 2. The summed E-state index contributed by atoms with van der Waals surface area (Å²) in [5, 5.41) is 10.0. The Bertz CT molecular complexity index is 510. The van der Waals surface area contributed by atoms with Crippen LogP contribution in [0.25, 0.3) is 0 Å². The van der Waals surface area contributed by atoms with Crippen molar-refractivity contribution < 1.29 is 9.90 Å². The first-order chi connectivity index (χ1) is 10.6. The molecular weight excluding hydrogens is 272 g/mol. The molecule has 5 fully saturated rings. The van der Waals surface area contributed by atoms with Crippen molar-refractivity contribution in [2.24, 2.45) is 46.3 Å². The van der Waals surface area contributed by atoms with Gasteiger partial charge in [-0.2, -0.15) is 0 Å². The summed E-state index contributed by atoms with van der Waals surface area (Å²) in [5.41, 5.74) is 0.729. The standard InChI is InChI=1S/C20H30O2/c1-19-7-6-16-15-5-3-14(22)8-12(15)2-4-17(16)18(19)9-13-10-20(13,19)11-21/h12-13,15-18,21H,2-11H2,1H3/t12?,13-,15+,16-,17-,18-,19+,20-/m1/s1. The molecule has 0 amide bonds. The lowest BCUT2D eigenvalue weighted by Gasteiger charge is -2.56. The number of fused-ring (bicyclic) bond motifs is 7. The van der Waals surface area contributed by atoms with Crippen molar-refractivity contribution in [3.05, 3.63) is 0 Å². The smallest absolute Gasteiger partial charge is 0.133 e. The zero-order valence-corrected chi connectivity index (χ0v) is 13.9. The molecule has 1 unspecified atom stereocenters. The van der Waals surface area contributed by atoms with Crippen molar-refractivity contribution in [1.29, 1.82) is 0 Å². The summed E-state index contributed by atoms with van der Waals surface area (Å²) in [7, 11) is 0. The van der Waals surface area contributed by atoms with Gasteiger partial charge in [0.05, 0.1) is 0 Å². The van der Waals surface area contributed by atoms with Crippen LogP contribution in [0, 0.1) is 46.3 Å². The normalized spacial score (nSPS) is 59.3. The molecule has 5 saturated carbocycles. The molecule has 0 aromatic carbocycles. The van der Waals surface area contributed by atoms with Gasteiger partial charge in [-0.1, -0.05) is 6.92 Å². The summed E-state index contributed by atoms with van der Waals surface area (Å²) >= 11 is 0. The molecule has 5 rings (SSSR count). The lowest BCUT2D eigenvalue weighted by atomic mass is 9.48. The molecule has 1 N–H and O–H groups in total. The predicted molar refractivity (Wildman–Crippen MR) is 85.1 cm³/mol. The molecule has 0 spiro atoms. The lowest BCUT2D eigenvalue weighted by molar-refractivity contribution is -0.128. The fraction of sp³-hybridized carbons (Fsp3) is 0.950. The van der Waals surface area contributed by atoms with E-state index in [1.54, 1.807) is 0 Å². The van der Waals surface area contributed by atoms with Crippen LogP contribution in [-0.4, -0.2) is 17.5 Å². The van der Waals surface area contributed by atoms with Gasteiger partial charge in [-0.25, -0.2) is 0 Å². The van der Waals surface area contributed by atoms with Crippen LogP contribution in [0.3, 0.4) is 0 Å². The van der Waals surface area contributed by atoms with E-state index in [1.165, 1.54) is 44.9 Å². The molecule has 0 aromatic heterocycles. The number of aliphatic hydroxyl groups excluding tert-OH is 1. The molecule has 0 aliphatic heterocycles. The maximum absolute atomic E-state index is 11.8. The number of ketones is 1. The summed E-state index contributed by atoms with van der Waals surface area (Å²) in [5.74, 6) is 5.61. The minimum atomic E-state index is 0.308. The van der Waals surface area contributed by atoms with Gasteiger partial charge in [-0.3, -0.25) is 4.79 Å². The van der Waals surface area contributed by atoms with Crippen molar-refractivity contribution in [3.63, 3.8) is 0 Å². The Kier molecular flexibility index (Phi) is 2.79. The Morgan fingerprint density at radius 3 is 2.82 bits per heavy atom. The van der Waals surface area contributed by atoms with E-state index < -0.39 is 0 Å². The molecule has 0 radical (unpaired) electrons. The number of carbonyl (C=O) groups is 1. The van der Waals surface area contributed by atoms with Crippen molar-refractivity contribution in [3.8, 4) is 0 Å². The second-order valence-corrected chi connectivity index (χ2v) is 9.62. The van der Waals surface area contributed by atoms with Crippen molar-refractivity contribution in [1.82, 2.24) is 0 Å². The van der Waals surface area contributed by atoms with Crippen molar-refractivity contribution in [2.75, 3.05) is 6.61 Å². The van der Waals surface area contributed by atoms with Crippen LogP contribution in [0.1, 0.15) is 64.7 Å². The Morgan fingerprint density at radius 1 is 1.14 bits per heavy atom. The van der Waals surface area contributed by atoms with E-state index in [4.69, 9.17) is 0 Å². The van der Waals surface area contributed by atoms with E-state index in [1.807, 2.05) is 0 Å². The van der Waals surface area contributed by atoms with Crippen LogP contribution in [-0.2, 0) is 4.79 Å². The molecule has 2 heteroatoms. The first kappa shape index (κ1) is 14.0. The zero-order chi connectivity index (χ0) is 15.1. The average molecular weight is 302 g/mol. The van der Waals surface area contributed by atoms with Gasteiger partial charge in [0.2, 0.25) is 0 Å².